The van der Waals surface area contributed by atoms with Gasteiger partial charge in [0.2, 0.25) is 0 Å². The van der Waals surface area contributed by atoms with Crippen molar-refractivity contribution in [1.29, 1.82) is 5.26 Å². The van der Waals surface area contributed by atoms with Crippen molar-refractivity contribution in [1.82, 2.24) is 0 Å². The second kappa shape index (κ2) is 7.76. The predicted molar refractivity (Wildman–Crippen MR) is 77.9 cm³/mol. The summed E-state index contributed by atoms with van der Waals surface area (Å²) >= 11 is 0. The van der Waals surface area contributed by atoms with E-state index in [9.17, 15) is 5.26 Å². The van der Waals surface area contributed by atoms with Crippen molar-refractivity contribution in [2.45, 2.75) is 46.5 Å². The summed E-state index contributed by atoms with van der Waals surface area (Å²) in [6.45, 7) is 8.60. The molecule has 0 aliphatic rings. The molecule has 18 heavy (non-hydrogen) atoms. The van der Waals surface area contributed by atoms with Crippen molar-refractivity contribution in [3.8, 4) is 6.07 Å². The van der Waals surface area contributed by atoms with Crippen molar-refractivity contribution in [3.05, 3.63) is 29.3 Å². The number of anilines is 1. The molecule has 0 unspecified atom stereocenters. The van der Waals surface area contributed by atoms with E-state index >= 15 is 0 Å². The molecule has 0 saturated heterocycles. The van der Waals surface area contributed by atoms with Crippen molar-refractivity contribution < 1.29 is 0 Å². The molecule has 0 bridgehead atoms. The van der Waals surface area contributed by atoms with E-state index in [2.05, 4.69) is 37.8 Å². The van der Waals surface area contributed by atoms with Crippen LogP contribution in [0.5, 0.6) is 0 Å². The molecule has 0 aliphatic carbocycles. The fourth-order valence-corrected chi connectivity index (χ4v) is 2.05. The van der Waals surface area contributed by atoms with Crippen LogP contribution in [-0.2, 0) is 0 Å². The fraction of sp³-hybridized carbons (Fsp3) is 0.562. The summed E-state index contributed by atoms with van der Waals surface area (Å²) in [5.74, 6) is 0. The van der Waals surface area contributed by atoms with Crippen LogP contribution >= 0.6 is 0 Å². The van der Waals surface area contributed by atoms with Crippen LogP contribution in [0.4, 0.5) is 5.69 Å². The second-order valence-electron chi connectivity index (χ2n) is 4.83. The molecule has 98 valence electrons. The van der Waals surface area contributed by atoms with E-state index in [0.717, 1.165) is 24.3 Å². The number of benzene rings is 1. The summed E-state index contributed by atoms with van der Waals surface area (Å²) in [6.07, 6.45) is 4.75. The largest absolute Gasteiger partial charge is 0.370 e. The second-order valence-corrected chi connectivity index (χ2v) is 4.83. The summed E-state index contributed by atoms with van der Waals surface area (Å²) in [5.41, 5.74) is 3.13. The van der Waals surface area contributed by atoms with Crippen molar-refractivity contribution >= 4 is 5.69 Å². The number of unbranched alkanes of at least 4 members (excludes halogenated alkanes) is 2. The van der Waals surface area contributed by atoms with E-state index < -0.39 is 0 Å². The maximum Gasteiger partial charge on any atom is 0.101 e. The van der Waals surface area contributed by atoms with E-state index in [0.29, 0.717) is 0 Å². The molecular formula is C16H24N2. The van der Waals surface area contributed by atoms with E-state index in [-0.39, 0.29) is 0 Å². The van der Waals surface area contributed by atoms with E-state index in [1.54, 1.807) is 0 Å². The third-order valence-electron chi connectivity index (χ3n) is 3.18. The fourth-order valence-electron chi connectivity index (χ4n) is 2.05. The highest BCUT2D eigenvalue weighted by Crippen LogP contribution is 2.22. The zero-order chi connectivity index (χ0) is 13.4. The van der Waals surface area contributed by atoms with Gasteiger partial charge in [-0.1, -0.05) is 32.8 Å². The monoisotopic (exact) mass is 244 g/mol. The lowest BCUT2D eigenvalue weighted by molar-refractivity contribution is 0.677. The average Bonchev–Trinajstić information content (AvgIpc) is 2.39. The summed E-state index contributed by atoms with van der Waals surface area (Å²) in [5, 5.41) is 9.23. The van der Waals surface area contributed by atoms with Crippen LogP contribution in [0.1, 0.15) is 50.7 Å². The quantitative estimate of drug-likeness (QED) is 0.716. The molecule has 1 rings (SSSR count). The SMILES string of the molecule is CCCCN(CCCC)c1cc(C)ccc1C#N. The molecule has 0 fully saturated rings. The van der Waals surface area contributed by atoms with Gasteiger partial charge in [0.05, 0.1) is 11.3 Å². The molecule has 0 atom stereocenters. The van der Waals surface area contributed by atoms with Gasteiger partial charge in [-0.2, -0.15) is 5.26 Å². The zero-order valence-corrected chi connectivity index (χ0v) is 11.9. The van der Waals surface area contributed by atoms with Crippen LogP contribution in [0.2, 0.25) is 0 Å². The maximum atomic E-state index is 9.23. The highest BCUT2D eigenvalue weighted by molar-refractivity contribution is 5.60. The first-order valence-electron chi connectivity index (χ1n) is 6.98. The number of hydrogen-bond donors (Lipinski definition) is 0. The Hall–Kier alpha value is -1.49. The van der Waals surface area contributed by atoms with Gasteiger partial charge < -0.3 is 4.90 Å². The van der Waals surface area contributed by atoms with Crippen LogP contribution in [0.25, 0.3) is 0 Å². The van der Waals surface area contributed by atoms with Crippen LogP contribution < -0.4 is 4.90 Å². The van der Waals surface area contributed by atoms with Crippen molar-refractivity contribution in [2.75, 3.05) is 18.0 Å². The van der Waals surface area contributed by atoms with Crippen LogP contribution in [-0.4, -0.2) is 13.1 Å². The normalized spacial score (nSPS) is 10.1. The van der Waals surface area contributed by atoms with Crippen LogP contribution in [0, 0.1) is 18.3 Å². The summed E-state index contributed by atoms with van der Waals surface area (Å²) < 4.78 is 0. The molecule has 0 N–H and O–H groups in total. The lowest BCUT2D eigenvalue weighted by Crippen LogP contribution is -2.26. The topological polar surface area (TPSA) is 27.0 Å². The Labute approximate surface area is 111 Å². The number of hydrogen-bond acceptors (Lipinski definition) is 2. The minimum atomic E-state index is 0.799. The Balaban J connectivity index is 2.95. The number of rotatable bonds is 7. The highest BCUT2D eigenvalue weighted by atomic mass is 15.1. The van der Waals surface area contributed by atoms with Gasteiger partial charge in [-0.05, 0) is 37.5 Å². The van der Waals surface area contributed by atoms with E-state index in [1.807, 2.05) is 12.1 Å². The van der Waals surface area contributed by atoms with Gasteiger partial charge in [0.25, 0.3) is 0 Å². The van der Waals surface area contributed by atoms with Gasteiger partial charge in [-0.3, -0.25) is 0 Å². The Morgan fingerprint density at radius 2 is 1.72 bits per heavy atom. The van der Waals surface area contributed by atoms with Gasteiger partial charge in [0.15, 0.2) is 0 Å². The molecule has 0 spiro atoms. The summed E-state index contributed by atoms with van der Waals surface area (Å²) in [4.78, 5) is 2.37. The number of nitriles is 1. The average molecular weight is 244 g/mol. The lowest BCUT2D eigenvalue weighted by atomic mass is 10.1. The summed E-state index contributed by atoms with van der Waals surface area (Å²) in [6, 6.07) is 8.41. The van der Waals surface area contributed by atoms with Crippen molar-refractivity contribution in [3.63, 3.8) is 0 Å². The molecule has 2 heteroatoms. The third-order valence-corrected chi connectivity index (χ3v) is 3.18. The molecular weight excluding hydrogens is 220 g/mol. The van der Waals surface area contributed by atoms with Gasteiger partial charge in [-0.15, -0.1) is 0 Å². The molecule has 0 heterocycles. The predicted octanol–water partition coefficient (Wildman–Crippen LogP) is 4.27. The van der Waals surface area contributed by atoms with E-state index in [1.165, 1.54) is 31.2 Å². The molecule has 0 radical (unpaired) electrons. The molecule has 0 amide bonds. The Morgan fingerprint density at radius 1 is 1.11 bits per heavy atom. The Morgan fingerprint density at radius 3 is 2.22 bits per heavy atom. The molecule has 0 aromatic heterocycles. The van der Waals surface area contributed by atoms with Gasteiger partial charge in [-0.25, -0.2) is 0 Å². The third kappa shape index (κ3) is 4.07. The van der Waals surface area contributed by atoms with Gasteiger partial charge >= 0.3 is 0 Å². The lowest BCUT2D eigenvalue weighted by Gasteiger charge is -2.26. The molecule has 0 aliphatic heterocycles. The van der Waals surface area contributed by atoms with Crippen LogP contribution in [0.15, 0.2) is 18.2 Å². The number of nitrogens with zero attached hydrogens (tertiary/aromatic N) is 2. The zero-order valence-electron chi connectivity index (χ0n) is 11.9. The molecule has 0 saturated carbocycles. The van der Waals surface area contributed by atoms with Gasteiger partial charge in [0.1, 0.15) is 6.07 Å². The Bertz CT molecular complexity index is 396. The minimum absolute atomic E-state index is 0.799. The first-order chi connectivity index (χ1) is 8.72. The highest BCUT2D eigenvalue weighted by Gasteiger charge is 2.10. The van der Waals surface area contributed by atoms with Crippen LogP contribution in [0.3, 0.4) is 0 Å². The smallest absolute Gasteiger partial charge is 0.101 e. The minimum Gasteiger partial charge on any atom is -0.370 e. The maximum absolute atomic E-state index is 9.23. The van der Waals surface area contributed by atoms with E-state index in [4.69, 9.17) is 0 Å². The molecule has 1 aromatic carbocycles. The molecule has 1 aromatic rings. The number of aryl methyl sites for hydroxylation is 1. The van der Waals surface area contributed by atoms with Gasteiger partial charge in [0, 0.05) is 13.1 Å². The Kier molecular flexibility index (Phi) is 6.28. The first-order valence-corrected chi connectivity index (χ1v) is 6.98. The summed E-state index contributed by atoms with van der Waals surface area (Å²) in [7, 11) is 0. The first kappa shape index (κ1) is 14.6. The molecule has 2 nitrogen and oxygen atoms in total. The standard InChI is InChI=1S/C16H24N2/c1-4-6-10-18(11-7-5-2)16-12-14(3)8-9-15(16)13-17/h8-9,12H,4-7,10-11H2,1-3H3. The van der Waals surface area contributed by atoms with Crippen molar-refractivity contribution in [2.24, 2.45) is 0 Å².